The van der Waals surface area contributed by atoms with Gasteiger partial charge in [-0.15, -0.1) is 0 Å². The second kappa shape index (κ2) is 5.74. The standard InChI is InChI=1S/C17H26N2O/c1-14-3-4-16-15(13-14)5-6-17(20-16)7-11-19(12-8-17)10-2-9-18/h3-4,13H,2,5-12,18H2,1H3. The smallest absolute Gasteiger partial charge is 0.123 e. The van der Waals surface area contributed by atoms with Gasteiger partial charge in [0.05, 0.1) is 0 Å². The van der Waals surface area contributed by atoms with E-state index in [1.165, 1.54) is 24.0 Å². The molecule has 0 aromatic heterocycles. The molecule has 110 valence electrons. The van der Waals surface area contributed by atoms with Crippen molar-refractivity contribution in [2.45, 2.75) is 44.6 Å². The Bertz CT molecular complexity index is 464. The van der Waals surface area contributed by atoms with Gasteiger partial charge in [0.2, 0.25) is 0 Å². The minimum Gasteiger partial charge on any atom is -0.487 e. The number of hydrogen-bond donors (Lipinski definition) is 1. The molecule has 20 heavy (non-hydrogen) atoms. The predicted octanol–water partition coefficient (Wildman–Crippen LogP) is 2.50. The molecule has 0 aliphatic carbocycles. The van der Waals surface area contributed by atoms with E-state index in [4.69, 9.17) is 10.5 Å². The molecule has 0 amide bonds. The van der Waals surface area contributed by atoms with Crippen LogP contribution in [-0.2, 0) is 6.42 Å². The molecule has 0 bridgehead atoms. The second-order valence-electron chi connectivity index (χ2n) is 6.38. The summed E-state index contributed by atoms with van der Waals surface area (Å²) in [5.41, 5.74) is 8.42. The van der Waals surface area contributed by atoms with Gasteiger partial charge >= 0.3 is 0 Å². The second-order valence-corrected chi connectivity index (χ2v) is 6.38. The van der Waals surface area contributed by atoms with Crippen LogP contribution in [0.25, 0.3) is 0 Å². The van der Waals surface area contributed by atoms with Crippen molar-refractivity contribution >= 4 is 0 Å². The Kier molecular flexibility index (Phi) is 3.99. The zero-order chi connectivity index (χ0) is 14.0. The highest BCUT2D eigenvalue weighted by atomic mass is 16.5. The number of likely N-dealkylation sites (tertiary alicyclic amines) is 1. The van der Waals surface area contributed by atoms with Crippen molar-refractivity contribution in [3.05, 3.63) is 29.3 Å². The number of fused-ring (bicyclic) bond motifs is 1. The van der Waals surface area contributed by atoms with E-state index in [1.54, 1.807) is 0 Å². The van der Waals surface area contributed by atoms with Crippen LogP contribution in [0.4, 0.5) is 0 Å². The molecule has 2 aliphatic heterocycles. The highest BCUT2D eigenvalue weighted by molar-refractivity contribution is 5.39. The molecular formula is C17H26N2O. The van der Waals surface area contributed by atoms with Gasteiger partial charge in [-0.3, -0.25) is 0 Å². The van der Waals surface area contributed by atoms with Gasteiger partial charge in [0.1, 0.15) is 11.4 Å². The molecule has 3 heteroatoms. The lowest BCUT2D eigenvalue weighted by Gasteiger charge is -2.44. The maximum atomic E-state index is 6.42. The number of benzene rings is 1. The van der Waals surface area contributed by atoms with Gasteiger partial charge in [-0.05, 0) is 63.7 Å². The largest absolute Gasteiger partial charge is 0.487 e. The van der Waals surface area contributed by atoms with Gasteiger partial charge in [-0.2, -0.15) is 0 Å². The van der Waals surface area contributed by atoms with Crippen LogP contribution >= 0.6 is 0 Å². The summed E-state index contributed by atoms with van der Waals surface area (Å²) in [5, 5.41) is 0. The summed E-state index contributed by atoms with van der Waals surface area (Å²) in [6, 6.07) is 6.60. The van der Waals surface area contributed by atoms with Crippen LogP contribution < -0.4 is 10.5 Å². The summed E-state index contributed by atoms with van der Waals surface area (Å²) in [6.45, 7) is 6.40. The molecule has 2 N–H and O–H groups in total. The third-order valence-corrected chi connectivity index (χ3v) is 4.84. The molecule has 2 aliphatic rings. The molecule has 2 heterocycles. The molecule has 3 nitrogen and oxygen atoms in total. The third-order valence-electron chi connectivity index (χ3n) is 4.84. The van der Waals surface area contributed by atoms with E-state index >= 15 is 0 Å². The first kappa shape index (κ1) is 13.9. The zero-order valence-corrected chi connectivity index (χ0v) is 12.5. The van der Waals surface area contributed by atoms with Crippen LogP contribution in [0.2, 0.25) is 0 Å². The molecule has 1 saturated heterocycles. The summed E-state index contributed by atoms with van der Waals surface area (Å²) >= 11 is 0. The highest BCUT2D eigenvalue weighted by Gasteiger charge is 2.39. The first-order chi connectivity index (χ1) is 9.71. The average Bonchev–Trinajstić information content (AvgIpc) is 2.47. The van der Waals surface area contributed by atoms with Crippen LogP contribution in [0.1, 0.15) is 36.8 Å². The predicted molar refractivity (Wildman–Crippen MR) is 82.2 cm³/mol. The van der Waals surface area contributed by atoms with Crippen molar-refractivity contribution in [3.63, 3.8) is 0 Å². The van der Waals surface area contributed by atoms with Crippen molar-refractivity contribution in [2.24, 2.45) is 5.73 Å². The van der Waals surface area contributed by atoms with Crippen LogP contribution in [0.3, 0.4) is 0 Å². The molecule has 0 unspecified atom stereocenters. The van der Waals surface area contributed by atoms with Crippen LogP contribution in [0, 0.1) is 6.92 Å². The fourth-order valence-electron chi connectivity index (χ4n) is 3.50. The summed E-state index contributed by atoms with van der Waals surface area (Å²) in [6.07, 6.45) is 5.76. The minimum absolute atomic E-state index is 0.0987. The molecule has 3 rings (SSSR count). The van der Waals surface area contributed by atoms with E-state index in [1.807, 2.05) is 0 Å². The van der Waals surface area contributed by atoms with Gasteiger partial charge in [0.15, 0.2) is 0 Å². The average molecular weight is 274 g/mol. The molecule has 0 atom stereocenters. The van der Waals surface area contributed by atoms with Gasteiger partial charge in [0, 0.05) is 13.1 Å². The lowest BCUT2D eigenvalue weighted by molar-refractivity contribution is -0.0144. The molecular weight excluding hydrogens is 248 g/mol. The summed E-state index contributed by atoms with van der Waals surface area (Å²) in [4.78, 5) is 2.53. The summed E-state index contributed by atoms with van der Waals surface area (Å²) in [7, 11) is 0. The van der Waals surface area contributed by atoms with Crippen LogP contribution in [0.5, 0.6) is 5.75 Å². The summed E-state index contributed by atoms with van der Waals surface area (Å²) < 4.78 is 6.42. The first-order valence-electron chi connectivity index (χ1n) is 7.92. The lowest BCUT2D eigenvalue weighted by Crippen LogP contribution is -2.50. The zero-order valence-electron chi connectivity index (χ0n) is 12.5. The van der Waals surface area contributed by atoms with E-state index < -0.39 is 0 Å². The SMILES string of the molecule is Cc1ccc2c(c1)CCC1(CCN(CCCN)CC1)O2. The van der Waals surface area contributed by atoms with Crippen LogP contribution in [0.15, 0.2) is 18.2 Å². The van der Waals surface area contributed by atoms with Gasteiger partial charge in [-0.1, -0.05) is 17.7 Å². The summed E-state index contributed by atoms with van der Waals surface area (Å²) in [5.74, 6) is 1.12. The number of rotatable bonds is 3. The Morgan fingerprint density at radius 2 is 2.05 bits per heavy atom. The van der Waals surface area contributed by atoms with E-state index in [2.05, 4.69) is 30.0 Å². The van der Waals surface area contributed by atoms with Crippen LogP contribution in [-0.4, -0.2) is 36.7 Å². The number of aryl methyl sites for hydroxylation is 2. The maximum absolute atomic E-state index is 6.42. The Hall–Kier alpha value is -1.06. The van der Waals surface area contributed by atoms with Crippen molar-refractivity contribution in [3.8, 4) is 5.75 Å². The molecule has 1 spiro atoms. The van der Waals surface area contributed by atoms with Gasteiger partial charge in [0.25, 0.3) is 0 Å². The number of nitrogens with two attached hydrogens (primary N) is 1. The number of piperidine rings is 1. The van der Waals surface area contributed by atoms with Gasteiger partial charge in [-0.25, -0.2) is 0 Å². The van der Waals surface area contributed by atoms with E-state index in [0.717, 1.165) is 51.2 Å². The molecule has 0 saturated carbocycles. The molecule has 1 aromatic rings. The van der Waals surface area contributed by atoms with Gasteiger partial charge < -0.3 is 15.4 Å². The number of nitrogens with zero attached hydrogens (tertiary/aromatic N) is 1. The highest BCUT2D eigenvalue weighted by Crippen LogP contribution is 2.39. The van der Waals surface area contributed by atoms with E-state index in [9.17, 15) is 0 Å². The van der Waals surface area contributed by atoms with Crippen molar-refractivity contribution in [2.75, 3.05) is 26.2 Å². The fraction of sp³-hybridized carbons (Fsp3) is 0.647. The Labute approximate surface area is 122 Å². The number of hydrogen-bond acceptors (Lipinski definition) is 3. The van der Waals surface area contributed by atoms with Crippen molar-refractivity contribution < 1.29 is 4.74 Å². The number of ether oxygens (including phenoxy) is 1. The Balaban J connectivity index is 1.64. The lowest BCUT2D eigenvalue weighted by atomic mass is 9.83. The first-order valence-corrected chi connectivity index (χ1v) is 7.92. The van der Waals surface area contributed by atoms with Crippen molar-refractivity contribution in [1.82, 2.24) is 4.90 Å². The molecule has 1 fully saturated rings. The Morgan fingerprint density at radius 3 is 2.80 bits per heavy atom. The molecule has 0 radical (unpaired) electrons. The third kappa shape index (κ3) is 2.84. The quantitative estimate of drug-likeness (QED) is 0.920. The fourth-order valence-corrected chi connectivity index (χ4v) is 3.50. The topological polar surface area (TPSA) is 38.5 Å². The monoisotopic (exact) mass is 274 g/mol. The Morgan fingerprint density at radius 1 is 1.25 bits per heavy atom. The maximum Gasteiger partial charge on any atom is 0.123 e. The van der Waals surface area contributed by atoms with Crippen molar-refractivity contribution in [1.29, 1.82) is 0 Å². The molecule has 1 aromatic carbocycles. The minimum atomic E-state index is 0.0987. The van der Waals surface area contributed by atoms with E-state index in [-0.39, 0.29) is 5.60 Å². The normalized spacial score (nSPS) is 21.5. The van der Waals surface area contributed by atoms with E-state index in [0.29, 0.717) is 0 Å².